The SMILES string of the molecule is Cc1ncc(-c2n[nH]nc2-c2ccc(F)cc2)n1C.Cn1c(C#Cc2ccc(F)cc2)cnc1S(=O)(=O)c1ccccc1. The average Bonchev–Trinajstić information content (AvgIpc) is 3.73. The third kappa shape index (κ3) is 6.27. The maximum Gasteiger partial charge on any atom is 0.240 e. The lowest BCUT2D eigenvalue weighted by Gasteiger charge is -2.04. The number of hydrogen-bond donors (Lipinski definition) is 1. The molecule has 0 bridgehead atoms. The fourth-order valence-electron chi connectivity index (χ4n) is 4.07. The third-order valence-corrected chi connectivity index (χ3v) is 8.30. The van der Waals surface area contributed by atoms with Crippen molar-refractivity contribution in [2.45, 2.75) is 17.0 Å². The average molecular weight is 598 g/mol. The van der Waals surface area contributed by atoms with Gasteiger partial charge in [0.15, 0.2) is 0 Å². The monoisotopic (exact) mass is 597 g/mol. The fraction of sp³-hybridized carbons (Fsp3) is 0.0968. The van der Waals surface area contributed by atoms with Crippen molar-refractivity contribution in [3.05, 3.63) is 120 Å². The first-order valence-corrected chi connectivity index (χ1v) is 14.4. The summed E-state index contributed by atoms with van der Waals surface area (Å²) >= 11 is 0. The zero-order valence-electron chi connectivity index (χ0n) is 23.3. The number of H-pyrrole nitrogens is 1. The Bertz CT molecular complexity index is 2040. The van der Waals surface area contributed by atoms with Crippen molar-refractivity contribution in [1.29, 1.82) is 0 Å². The van der Waals surface area contributed by atoms with Crippen LogP contribution in [0.25, 0.3) is 22.6 Å². The van der Waals surface area contributed by atoms with E-state index in [4.69, 9.17) is 0 Å². The number of benzene rings is 3. The minimum Gasteiger partial charge on any atom is -0.330 e. The zero-order valence-corrected chi connectivity index (χ0v) is 24.1. The number of rotatable bonds is 4. The van der Waals surface area contributed by atoms with Crippen LogP contribution in [0.2, 0.25) is 0 Å². The summed E-state index contributed by atoms with van der Waals surface area (Å²) in [6, 6.07) is 20.0. The van der Waals surface area contributed by atoms with E-state index in [-0.39, 0.29) is 21.7 Å². The maximum absolute atomic E-state index is 13.0. The number of aromatic nitrogens is 7. The van der Waals surface area contributed by atoms with Crippen molar-refractivity contribution in [3.63, 3.8) is 0 Å². The Balaban J connectivity index is 0.000000176. The molecule has 0 saturated heterocycles. The van der Waals surface area contributed by atoms with Gasteiger partial charge in [-0.2, -0.15) is 15.4 Å². The Morgan fingerprint density at radius 1 is 0.744 bits per heavy atom. The molecule has 3 heterocycles. The first-order chi connectivity index (χ1) is 20.6. The topological polar surface area (TPSA) is 111 Å². The highest BCUT2D eigenvalue weighted by atomic mass is 32.2. The van der Waals surface area contributed by atoms with Crippen molar-refractivity contribution >= 4 is 9.84 Å². The van der Waals surface area contributed by atoms with Gasteiger partial charge in [-0.25, -0.2) is 27.2 Å². The van der Waals surface area contributed by atoms with Crippen molar-refractivity contribution in [2.24, 2.45) is 14.1 Å². The van der Waals surface area contributed by atoms with Crippen LogP contribution in [0.15, 0.2) is 101 Å². The molecule has 9 nitrogen and oxygen atoms in total. The predicted octanol–water partition coefficient (Wildman–Crippen LogP) is 5.11. The smallest absolute Gasteiger partial charge is 0.240 e. The molecule has 43 heavy (non-hydrogen) atoms. The second-order valence-electron chi connectivity index (χ2n) is 9.34. The number of aromatic amines is 1. The second-order valence-corrected chi connectivity index (χ2v) is 11.2. The lowest BCUT2D eigenvalue weighted by atomic mass is 10.1. The number of sulfone groups is 1. The van der Waals surface area contributed by atoms with Gasteiger partial charge in [-0.1, -0.05) is 24.1 Å². The number of aryl methyl sites for hydroxylation is 1. The Labute approximate surface area is 246 Å². The van der Waals surface area contributed by atoms with Crippen molar-refractivity contribution in [2.75, 3.05) is 0 Å². The van der Waals surface area contributed by atoms with Gasteiger partial charge < -0.3 is 9.13 Å². The second kappa shape index (κ2) is 12.2. The zero-order chi connectivity index (χ0) is 30.6. The first kappa shape index (κ1) is 29.1. The van der Waals surface area contributed by atoms with E-state index in [2.05, 4.69) is 37.2 Å². The van der Waals surface area contributed by atoms with E-state index in [1.165, 1.54) is 47.2 Å². The summed E-state index contributed by atoms with van der Waals surface area (Å²) in [4.78, 5) is 8.42. The molecule has 0 radical (unpaired) electrons. The van der Waals surface area contributed by atoms with Crippen LogP contribution >= 0.6 is 0 Å². The van der Waals surface area contributed by atoms with Gasteiger partial charge in [0.05, 0.1) is 23.0 Å². The molecule has 0 fully saturated rings. The van der Waals surface area contributed by atoms with Crippen molar-refractivity contribution in [3.8, 4) is 34.5 Å². The summed E-state index contributed by atoms with van der Waals surface area (Å²) in [6.07, 6.45) is 3.16. The molecule has 6 rings (SSSR count). The van der Waals surface area contributed by atoms with Gasteiger partial charge in [-0.15, -0.1) is 0 Å². The molecule has 0 aliphatic heterocycles. The standard InChI is InChI=1S/C18H13FN2O2S.C13H12FN5/c1-21-16(12-9-14-7-10-15(19)11-8-14)13-20-18(21)24(22,23)17-5-3-2-4-6-17;1-8-15-7-11(19(8)2)13-12(16-18-17-13)9-3-5-10(14)6-4-9/h2-8,10-11,13H,1H3;3-7H,1-2H3,(H,16,17,18). The highest BCUT2D eigenvalue weighted by molar-refractivity contribution is 7.91. The van der Waals surface area contributed by atoms with Gasteiger partial charge in [0.2, 0.25) is 15.0 Å². The van der Waals surface area contributed by atoms with Crippen LogP contribution in [0.3, 0.4) is 0 Å². The minimum atomic E-state index is -3.70. The summed E-state index contributed by atoms with van der Waals surface area (Å²) in [6.45, 7) is 1.92. The summed E-state index contributed by atoms with van der Waals surface area (Å²) in [5, 5.41) is 10.9. The normalized spacial score (nSPS) is 10.9. The molecule has 0 atom stereocenters. The van der Waals surface area contributed by atoms with E-state index in [0.29, 0.717) is 22.6 Å². The third-order valence-electron chi connectivity index (χ3n) is 6.55. The molecule has 0 aliphatic carbocycles. The molecular weight excluding hydrogens is 572 g/mol. The van der Waals surface area contributed by atoms with E-state index in [0.717, 1.165) is 17.1 Å². The van der Waals surface area contributed by atoms with E-state index in [1.807, 2.05) is 18.5 Å². The van der Waals surface area contributed by atoms with Gasteiger partial charge in [-0.3, -0.25) is 0 Å². The molecule has 216 valence electrons. The molecule has 12 heteroatoms. The Hall–Kier alpha value is -5.41. The molecule has 0 unspecified atom stereocenters. The molecule has 0 saturated carbocycles. The van der Waals surface area contributed by atoms with Gasteiger partial charge in [0, 0.05) is 25.2 Å². The lowest BCUT2D eigenvalue weighted by Crippen LogP contribution is -2.09. The van der Waals surface area contributed by atoms with Crippen LogP contribution in [0.5, 0.6) is 0 Å². The molecule has 3 aromatic heterocycles. The predicted molar refractivity (Wildman–Crippen MR) is 156 cm³/mol. The van der Waals surface area contributed by atoms with E-state index in [1.54, 1.807) is 55.7 Å². The van der Waals surface area contributed by atoms with Crippen LogP contribution in [0, 0.1) is 30.4 Å². The number of nitrogens with one attached hydrogen (secondary N) is 1. The Morgan fingerprint density at radius 2 is 1.37 bits per heavy atom. The minimum absolute atomic E-state index is 0.0721. The summed E-state index contributed by atoms with van der Waals surface area (Å²) in [7, 11) is -0.191. The largest absolute Gasteiger partial charge is 0.330 e. The molecule has 1 N–H and O–H groups in total. The van der Waals surface area contributed by atoms with Gasteiger partial charge in [0.25, 0.3) is 0 Å². The highest BCUT2D eigenvalue weighted by Crippen LogP contribution is 2.28. The molecule has 0 amide bonds. The van der Waals surface area contributed by atoms with Crippen LogP contribution in [-0.2, 0) is 23.9 Å². The quantitative estimate of drug-likeness (QED) is 0.283. The van der Waals surface area contributed by atoms with Crippen LogP contribution < -0.4 is 0 Å². The van der Waals surface area contributed by atoms with E-state index < -0.39 is 9.84 Å². The van der Waals surface area contributed by atoms with Gasteiger partial charge >= 0.3 is 0 Å². The van der Waals surface area contributed by atoms with Crippen LogP contribution in [0.4, 0.5) is 8.78 Å². The molecular formula is C31H25F2N7O2S. The highest BCUT2D eigenvalue weighted by Gasteiger charge is 2.23. The van der Waals surface area contributed by atoms with E-state index >= 15 is 0 Å². The number of hydrogen-bond acceptors (Lipinski definition) is 6. The first-order valence-electron chi connectivity index (χ1n) is 12.9. The van der Waals surface area contributed by atoms with Gasteiger partial charge in [-0.05, 0) is 73.5 Å². The van der Waals surface area contributed by atoms with Gasteiger partial charge in [0.1, 0.15) is 34.5 Å². The number of imidazole rings is 2. The van der Waals surface area contributed by atoms with Crippen LogP contribution in [-0.4, -0.2) is 42.9 Å². The molecule has 0 spiro atoms. The molecule has 6 aromatic rings. The number of nitrogens with zero attached hydrogens (tertiary/aromatic N) is 6. The van der Waals surface area contributed by atoms with Crippen molar-refractivity contribution in [1.82, 2.24) is 34.5 Å². The fourth-order valence-corrected chi connectivity index (χ4v) is 5.45. The van der Waals surface area contributed by atoms with Crippen LogP contribution in [0.1, 0.15) is 17.1 Å². The molecule has 3 aromatic carbocycles. The summed E-state index contributed by atoms with van der Waals surface area (Å²) in [5.74, 6) is 6.00. The summed E-state index contributed by atoms with van der Waals surface area (Å²) in [5.41, 5.74) is 4.14. The number of halogens is 2. The van der Waals surface area contributed by atoms with E-state index in [9.17, 15) is 17.2 Å². The summed E-state index contributed by atoms with van der Waals surface area (Å²) < 4.78 is 54.4. The Morgan fingerprint density at radius 3 is 2.00 bits per heavy atom. The Kier molecular flexibility index (Phi) is 8.27. The maximum atomic E-state index is 13.0. The van der Waals surface area contributed by atoms with Crippen molar-refractivity contribution < 1.29 is 17.2 Å². The lowest BCUT2D eigenvalue weighted by molar-refractivity contribution is 0.578. The molecule has 0 aliphatic rings.